The number of amides is 2. The monoisotopic (exact) mass is 336 g/mol. The third kappa shape index (κ3) is 3.55. The summed E-state index contributed by atoms with van der Waals surface area (Å²) in [6.45, 7) is 7.92. The van der Waals surface area contributed by atoms with Gasteiger partial charge in [-0.2, -0.15) is 0 Å². The van der Waals surface area contributed by atoms with Crippen molar-refractivity contribution in [3.63, 3.8) is 0 Å². The molecular formula is C17H28N4O3. The molecule has 0 bridgehead atoms. The summed E-state index contributed by atoms with van der Waals surface area (Å²) in [5.74, 6) is -0.0115. The fraction of sp³-hybridized carbons (Fsp3) is 0.824. The van der Waals surface area contributed by atoms with Crippen molar-refractivity contribution in [2.24, 2.45) is 5.16 Å². The Morgan fingerprint density at radius 1 is 1.33 bits per heavy atom. The van der Waals surface area contributed by atoms with Crippen LogP contribution in [-0.2, 0) is 14.4 Å². The fourth-order valence-corrected chi connectivity index (χ4v) is 4.00. The van der Waals surface area contributed by atoms with Gasteiger partial charge in [0.15, 0.2) is 0 Å². The van der Waals surface area contributed by atoms with Crippen molar-refractivity contribution in [2.45, 2.75) is 57.6 Å². The molecule has 0 aromatic heterocycles. The van der Waals surface area contributed by atoms with Crippen molar-refractivity contribution in [1.29, 1.82) is 0 Å². The average Bonchev–Trinajstić information content (AvgIpc) is 3.20. The number of carbonyl (C=O) groups excluding carboxylic acids is 2. The molecule has 134 valence electrons. The molecule has 1 atom stereocenters. The van der Waals surface area contributed by atoms with Crippen LogP contribution in [0.4, 0.5) is 0 Å². The smallest absolute Gasteiger partial charge is 0.269 e. The largest absolute Gasteiger partial charge is 0.388 e. The van der Waals surface area contributed by atoms with Gasteiger partial charge in [-0.25, -0.2) is 0 Å². The minimum absolute atomic E-state index is 0.0961. The van der Waals surface area contributed by atoms with Crippen LogP contribution < -0.4 is 5.32 Å². The predicted molar refractivity (Wildman–Crippen MR) is 90.6 cm³/mol. The van der Waals surface area contributed by atoms with Gasteiger partial charge >= 0.3 is 0 Å². The Morgan fingerprint density at radius 3 is 2.75 bits per heavy atom. The van der Waals surface area contributed by atoms with E-state index in [-0.39, 0.29) is 17.4 Å². The molecule has 0 saturated carbocycles. The number of likely N-dealkylation sites (tertiary alicyclic amines) is 2. The minimum atomic E-state index is -0.387. The van der Waals surface area contributed by atoms with Crippen molar-refractivity contribution >= 4 is 17.5 Å². The molecule has 3 rings (SSSR count). The lowest BCUT2D eigenvalue weighted by Gasteiger charge is -2.36. The second kappa shape index (κ2) is 7.09. The lowest BCUT2D eigenvalue weighted by molar-refractivity contribution is -0.134. The van der Waals surface area contributed by atoms with Gasteiger partial charge in [0.1, 0.15) is 11.3 Å². The van der Waals surface area contributed by atoms with E-state index in [1.807, 2.05) is 4.90 Å². The van der Waals surface area contributed by atoms with E-state index in [2.05, 4.69) is 22.3 Å². The van der Waals surface area contributed by atoms with Crippen molar-refractivity contribution in [3.05, 3.63) is 0 Å². The molecule has 0 aromatic carbocycles. The lowest BCUT2D eigenvalue weighted by atomic mass is 9.86. The van der Waals surface area contributed by atoms with Crippen LogP contribution >= 0.6 is 0 Å². The zero-order chi connectivity index (χ0) is 17.2. The normalized spacial score (nSPS) is 26.3. The van der Waals surface area contributed by atoms with Gasteiger partial charge in [0.05, 0.1) is 0 Å². The van der Waals surface area contributed by atoms with Crippen LogP contribution in [0.25, 0.3) is 0 Å². The number of nitrogens with zero attached hydrogens (tertiary/aromatic N) is 3. The first kappa shape index (κ1) is 17.2. The summed E-state index contributed by atoms with van der Waals surface area (Å²) in [6.07, 6.45) is 4.36. The maximum atomic E-state index is 12.4. The van der Waals surface area contributed by atoms with Crippen molar-refractivity contribution < 1.29 is 14.4 Å². The number of hydrogen-bond acceptors (Lipinski definition) is 5. The Kier molecular flexibility index (Phi) is 5.08. The number of hydrogen-bond donors (Lipinski definition) is 1. The molecule has 2 fully saturated rings. The third-order valence-electron chi connectivity index (χ3n) is 5.62. The number of carbonyl (C=O) groups is 2. The Labute approximate surface area is 143 Å². The molecule has 3 aliphatic heterocycles. The molecule has 0 aromatic rings. The van der Waals surface area contributed by atoms with Gasteiger partial charge < -0.3 is 15.1 Å². The SMILES string of the molecule is CCN1CCCC1CNC(=O)C1=NOC2(CCN(C(C)=O)CC2)C1. The average molecular weight is 336 g/mol. The maximum Gasteiger partial charge on any atom is 0.269 e. The molecule has 0 aliphatic carbocycles. The molecule has 24 heavy (non-hydrogen) atoms. The topological polar surface area (TPSA) is 74.2 Å². The van der Waals surface area contributed by atoms with Crippen LogP contribution in [0.3, 0.4) is 0 Å². The van der Waals surface area contributed by atoms with E-state index in [0.717, 1.165) is 32.4 Å². The van der Waals surface area contributed by atoms with Crippen LogP contribution in [0.1, 0.15) is 46.0 Å². The van der Waals surface area contributed by atoms with E-state index in [9.17, 15) is 9.59 Å². The number of rotatable bonds is 4. The van der Waals surface area contributed by atoms with E-state index in [0.29, 0.717) is 37.8 Å². The number of oxime groups is 1. The standard InChI is InChI=1S/C17H28N4O3/c1-3-20-8-4-5-14(20)12-18-16(23)15-11-17(24-19-15)6-9-21(10-7-17)13(2)22/h14H,3-12H2,1-2H3,(H,18,23). The number of piperidine rings is 1. The molecule has 3 heterocycles. The second-order valence-corrected chi connectivity index (χ2v) is 7.13. The van der Waals surface area contributed by atoms with Gasteiger partial charge in [-0.15, -0.1) is 0 Å². The highest BCUT2D eigenvalue weighted by atomic mass is 16.7. The van der Waals surface area contributed by atoms with E-state index < -0.39 is 0 Å². The number of nitrogens with one attached hydrogen (secondary N) is 1. The van der Waals surface area contributed by atoms with Gasteiger partial charge in [0.2, 0.25) is 5.91 Å². The van der Waals surface area contributed by atoms with E-state index >= 15 is 0 Å². The van der Waals surface area contributed by atoms with Gasteiger partial charge in [-0.3, -0.25) is 14.5 Å². The minimum Gasteiger partial charge on any atom is -0.388 e. The summed E-state index contributed by atoms with van der Waals surface area (Å²) < 4.78 is 0. The van der Waals surface area contributed by atoms with Crippen molar-refractivity contribution in [1.82, 2.24) is 15.1 Å². The van der Waals surface area contributed by atoms with Crippen LogP contribution in [0.5, 0.6) is 0 Å². The molecule has 1 N–H and O–H groups in total. The summed E-state index contributed by atoms with van der Waals surface area (Å²) in [6, 6.07) is 0.439. The Hall–Kier alpha value is -1.63. The van der Waals surface area contributed by atoms with Crippen LogP contribution in [-0.4, -0.2) is 71.7 Å². The van der Waals surface area contributed by atoms with E-state index in [1.54, 1.807) is 6.92 Å². The van der Waals surface area contributed by atoms with Crippen LogP contribution in [0, 0.1) is 0 Å². The molecule has 7 heteroatoms. The van der Waals surface area contributed by atoms with Crippen LogP contribution in [0.15, 0.2) is 5.16 Å². The predicted octanol–water partition coefficient (Wildman–Crippen LogP) is 0.744. The highest BCUT2D eigenvalue weighted by molar-refractivity contribution is 6.39. The number of likely N-dealkylation sites (N-methyl/N-ethyl adjacent to an activating group) is 1. The summed E-state index contributed by atoms with van der Waals surface area (Å²) >= 11 is 0. The summed E-state index contributed by atoms with van der Waals surface area (Å²) in [5.41, 5.74) is 0.105. The molecule has 0 radical (unpaired) electrons. The first-order chi connectivity index (χ1) is 11.5. The zero-order valence-corrected chi connectivity index (χ0v) is 14.7. The molecule has 1 unspecified atom stereocenters. The zero-order valence-electron chi connectivity index (χ0n) is 14.7. The highest BCUT2D eigenvalue weighted by Gasteiger charge is 2.44. The highest BCUT2D eigenvalue weighted by Crippen LogP contribution is 2.34. The van der Waals surface area contributed by atoms with Gasteiger partial charge in [-0.05, 0) is 25.9 Å². The Balaban J connectivity index is 1.47. The van der Waals surface area contributed by atoms with Gasteiger partial charge in [-0.1, -0.05) is 12.1 Å². The van der Waals surface area contributed by atoms with Crippen LogP contribution in [0.2, 0.25) is 0 Å². The molecule has 7 nitrogen and oxygen atoms in total. The third-order valence-corrected chi connectivity index (χ3v) is 5.62. The second-order valence-electron chi connectivity index (χ2n) is 7.13. The van der Waals surface area contributed by atoms with Gasteiger partial charge in [0, 0.05) is 51.9 Å². The van der Waals surface area contributed by atoms with E-state index in [4.69, 9.17) is 4.84 Å². The summed E-state index contributed by atoms with van der Waals surface area (Å²) in [7, 11) is 0. The first-order valence-electron chi connectivity index (χ1n) is 9.06. The van der Waals surface area contributed by atoms with Gasteiger partial charge in [0.25, 0.3) is 5.91 Å². The Bertz CT molecular complexity index is 526. The molecule has 3 aliphatic rings. The van der Waals surface area contributed by atoms with Crippen molar-refractivity contribution in [2.75, 3.05) is 32.7 Å². The van der Waals surface area contributed by atoms with E-state index in [1.165, 1.54) is 6.42 Å². The summed E-state index contributed by atoms with van der Waals surface area (Å²) in [5, 5.41) is 7.08. The van der Waals surface area contributed by atoms with Crippen molar-refractivity contribution in [3.8, 4) is 0 Å². The fourth-order valence-electron chi connectivity index (χ4n) is 4.00. The lowest BCUT2D eigenvalue weighted by Crippen LogP contribution is -2.47. The molecule has 2 saturated heterocycles. The summed E-state index contributed by atoms with van der Waals surface area (Å²) in [4.78, 5) is 33.7. The maximum absolute atomic E-state index is 12.4. The first-order valence-corrected chi connectivity index (χ1v) is 9.06. The molecular weight excluding hydrogens is 308 g/mol. The molecule has 2 amide bonds. The Morgan fingerprint density at radius 2 is 2.08 bits per heavy atom. The molecule has 1 spiro atoms. The quantitative estimate of drug-likeness (QED) is 0.822.